The van der Waals surface area contributed by atoms with Crippen LogP contribution in [0.25, 0.3) is 11.4 Å². The highest BCUT2D eigenvalue weighted by Crippen LogP contribution is 2.16. The molecular formula is C22H24N4O3. The number of carbonyl (C=O) groups excluding carboxylic acids is 2. The van der Waals surface area contributed by atoms with Crippen LogP contribution < -0.4 is 10.6 Å². The van der Waals surface area contributed by atoms with Crippen LogP contribution in [0.5, 0.6) is 0 Å². The Morgan fingerprint density at radius 1 is 1.00 bits per heavy atom. The van der Waals surface area contributed by atoms with E-state index in [1.807, 2.05) is 51.1 Å². The molecule has 3 aromatic rings. The van der Waals surface area contributed by atoms with Gasteiger partial charge in [-0.05, 0) is 45.0 Å². The average molecular weight is 392 g/mol. The largest absolute Gasteiger partial charge is 0.347 e. The van der Waals surface area contributed by atoms with Crippen LogP contribution >= 0.6 is 0 Å². The van der Waals surface area contributed by atoms with Crippen molar-refractivity contribution in [2.24, 2.45) is 0 Å². The highest BCUT2D eigenvalue weighted by molar-refractivity contribution is 5.96. The molecule has 150 valence electrons. The summed E-state index contributed by atoms with van der Waals surface area (Å²) in [5, 5.41) is 9.65. The fraction of sp³-hybridized carbons (Fsp3) is 0.273. The molecule has 1 aromatic heterocycles. The zero-order valence-corrected chi connectivity index (χ0v) is 16.7. The number of nitrogens with zero attached hydrogens (tertiary/aromatic N) is 2. The van der Waals surface area contributed by atoms with Crippen LogP contribution in [0.1, 0.15) is 43.4 Å². The maximum atomic E-state index is 12.2. The van der Waals surface area contributed by atoms with Crippen LogP contribution in [0.4, 0.5) is 5.69 Å². The Hall–Kier alpha value is -3.48. The molecule has 7 heteroatoms. The number of benzene rings is 2. The SMILES string of the molecule is CC(C)(C)NC(=O)c1ccc(NC(=O)CCc2nc(-c3ccccc3)no2)cc1. The van der Waals surface area contributed by atoms with Gasteiger partial charge in [-0.3, -0.25) is 9.59 Å². The minimum absolute atomic E-state index is 0.152. The van der Waals surface area contributed by atoms with Gasteiger partial charge >= 0.3 is 0 Å². The number of hydrogen-bond acceptors (Lipinski definition) is 5. The molecule has 0 spiro atoms. The van der Waals surface area contributed by atoms with Crippen LogP contribution in [0.15, 0.2) is 59.1 Å². The first kappa shape index (κ1) is 20.3. The average Bonchev–Trinajstić information content (AvgIpc) is 3.15. The van der Waals surface area contributed by atoms with Crippen molar-refractivity contribution < 1.29 is 14.1 Å². The van der Waals surface area contributed by atoms with E-state index >= 15 is 0 Å². The van der Waals surface area contributed by atoms with Crippen molar-refractivity contribution in [2.45, 2.75) is 39.2 Å². The van der Waals surface area contributed by atoms with Crippen LogP contribution in [-0.2, 0) is 11.2 Å². The number of hydrogen-bond donors (Lipinski definition) is 2. The second kappa shape index (κ2) is 8.68. The second-order valence-corrected chi connectivity index (χ2v) is 7.71. The molecule has 0 saturated heterocycles. The lowest BCUT2D eigenvalue weighted by atomic mass is 10.1. The van der Waals surface area contributed by atoms with Gasteiger partial charge in [0.1, 0.15) is 0 Å². The van der Waals surface area contributed by atoms with Crippen LogP contribution in [0.3, 0.4) is 0 Å². The molecule has 2 amide bonds. The molecule has 2 N–H and O–H groups in total. The number of rotatable bonds is 6. The van der Waals surface area contributed by atoms with Gasteiger partial charge in [-0.25, -0.2) is 0 Å². The molecule has 0 saturated carbocycles. The minimum atomic E-state index is -0.306. The molecule has 0 aliphatic heterocycles. The topological polar surface area (TPSA) is 97.1 Å². The lowest BCUT2D eigenvalue weighted by Gasteiger charge is -2.20. The quantitative estimate of drug-likeness (QED) is 0.664. The summed E-state index contributed by atoms with van der Waals surface area (Å²) in [4.78, 5) is 28.6. The Kier molecular flexibility index (Phi) is 6.07. The summed E-state index contributed by atoms with van der Waals surface area (Å²) in [5.41, 5.74) is 1.72. The lowest BCUT2D eigenvalue weighted by molar-refractivity contribution is -0.116. The zero-order chi connectivity index (χ0) is 20.9. The van der Waals surface area contributed by atoms with Crippen molar-refractivity contribution in [1.82, 2.24) is 15.5 Å². The molecule has 0 unspecified atom stereocenters. The van der Waals surface area contributed by atoms with Crippen LogP contribution in [0, 0.1) is 0 Å². The number of amides is 2. The molecule has 29 heavy (non-hydrogen) atoms. The number of aryl methyl sites for hydroxylation is 1. The monoisotopic (exact) mass is 392 g/mol. The fourth-order valence-corrected chi connectivity index (χ4v) is 2.62. The van der Waals surface area contributed by atoms with Crippen molar-refractivity contribution in [3.63, 3.8) is 0 Å². The van der Waals surface area contributed by atoms with Gasteiger partial charge in [0.05, 0.1) is 0 Å². The normalized spacial score (nSPS) is 11.1. The maximum absolute atomic E-state index is 12.2. The fourth-order valence-electron chi connectivity index (χ4n) is 2.62. The Morgan fingerprint density at radius 3 is 2.34 bits per heavy atom. The summed E-state index contributed by atoms with van der Waals surface area (Å²) < 4.78 is 5.22. The third-order valence-corrected chi connectivity index (χ3v) is 3.99. The van der Waals surface area contributed by atoms with Gasteiger partial charge in [-0.1, -0.05) is 35.5 Å². The third-order valence-electron chi connectivity index (χ3n) is 3.99. The molecule has 0 fully saturated rings. The van der Waals surface area contributed by atoms with E-state index in [1.165, 1.54) is 0 Å². The van der Waals surface area contributed by atoms with Gasteiger partial charge in [0, 0.05) is 35.2 Å². The van der Waals surface area contributed by atoms with Crippen molar-refractivity contribution in [1.29, 1.82) is 0 Å². The van der Waals surface area contributed by atoms with Crippen molar-refractivity contribution >= 4 is 17.5 Å². The molecule has 0 aliphatic carbocycles. The number of anilines is 1. The number of carbonyl (C=O) groups is 2. The summed E-state index contributed by atoms with van der Waals surface area (Å²) in [5.74, 6) is 0.593. The third kappa shape index (κ3) is 6.00. The molecule has 2 aromatic carbocycles. The minimum Gasteiger partial charge on any atom is -0.347 e. The van der Waals surface area contributed by atoms with E-state index < -0.39 is 0 Å². The predicted molar refractivity (Wildman–Crippen MR) is 110 cm³/mol. The Morgan fingerprint density at radius 2 is 1.69 bits per heavy atom. The van der Waals surface area contributed by atoms with Crippen LogP contribution in [-0.4, -0.2) is 27.5 Å². The number of aromatic nitrogens is 2. The highest BCUT2D eigenvalue weighted by atomic mass is 16.5. The van der Waals surface area contributed by atoms with Gasteiger partial charge < -0.3 is 15.2 Å². The summed E-state index contributed by atoms with van der Waals surface area (Å²) in [6, 6.07) is 16.3. The lowest BCUT2D eigenvalue weighted by Crippen LogP contribution is -2.40. The van der Waals surface area contributed by atoms with Crippen molar-refractivity contribution in [3.05, 3.63) is 66.1 Å². The van der Waals surface area contributed by atoms with E-state index in [1.54, 1.807) is 24.3 Å². The van der Waals surface area contributed by atoms with E-state index in [0.29, 0.717) is 29.4 Å². The second-order valence-electron chi connectivity index (χ2n) is 7.71. The molecular weight excluding hydrogens is 368 g/mol. The Balaban J connectivity index is 1.51. The van der Waals surface area contributed by atoms with Crippen molar-refractivity contribution in [2.75, 3.05) is 5.32 Å². The van der Waals surface area contributed by atoms with Gasteiger partial charge in [0.2, 0.25) is 17.6 Å². The molecule has 7 nitrogen and oxygen atoms in total. The van der Waals surface area contributed by atoms with E-state index in [2.05, 4.69) is 20.8 Å². The first-order valence-electron chi connectivity index (χ1n) is 9.40. The van der Waals surface area contributed by atoms with Gasteiger partial charge in [0.25, 0.3) is 5.91 Å². The number of nitrogens with one attached hydrogen (secondary N) is 2. The molecule has 3 rings (SSSR count). The Bertz CT molecular complexity index is 973. The molecule has 0 aliphatic rings. The first-order chi connectivity index (χ1) is 13.8. The van der Waals surface area contributed by atoms with Crippen molar-refractivity contribution in [3.8, 4) is 11.4 Å². The highest BCUT2D eigenvalue weighted by Gasteiger charge is 2.15. The summed E-state index contributed by atoms with van der Waals surface area (Å²) in [7, 11) is 0. The van der Waals surface area contributed by atoms with Gasteiger partial charge in [-0.2, -0.15) is 4.98 Å². The smallest absolute Gasteiger partial charge is 0.251 e. The molecule has 0 radical (unpaired) electrons. The molecule has 0 atom stereocenters. The predicted octanol–water partition coefficient (Wildman–Crippen LogP) is 3.84. The van der Waals surface area contributed by atoms with E-state index in [4.69, 9.17) is 4.52 Å². The van der Waals surface area contributed by atoms with Crippen LogP contribution in [0.2, 0.25) is 0 Å². The summed E-state index contributed by atoms with van der Waals surface area (Å²) in [6.07, 6.45) is 0.556. The van der Waals surface area contributed by atoms with E-state index in [0.717, 1.165) is 5.56 Å². The first-order valence-corrected chi connectivity index (χ1v) is 9.40. The Labute approximate surface area is 169 Å². The van der Waals surface area contributed by atoms with E-state index in [-0.39, 0.29) is 23.8 Å². The zero-order valence-electron chi connectivity index (χ0n) is 16.7. The standard InChI is InChI=1S/C22H24N4O3/c1-22(2,3)25-21(28)16-9-11-17(12-10-16)23-18(27)13-14-19-24-20(26-29-19)15-7-5-4-6-8-15/h4-12H,13-14H2,1-3H3,(H,23,27)(H,25,28). The van der Waals surface area contributed by atoms with Gasteiger partial charge in [-0.15, -0.1) is 0 Å². The van der Waals surface area contributed by atoms with E-state index in [9.17, 15) is 9.59 Å². The van der Waals surface area contributed by atoms with Gasteiger partial charge in [0.15, 0.2) is 0 Å². The molecule has 0 bridgehead atoms. The molecule has 1 heterocycles. The summed E-state index contributed by atoms with van der Waals surface area (Å²) >= 11 is 0. The maximum Gasteiger partial charge on any atom is 0.251 e. The summed E-state index contributed by atoms with van der Waals surface area (Å²) in [6.45, 7) is 5.77.